The molecule has 0 radical (unpaired) electrons. The van der Waals surface area contributed by atoms with Gasteiger partial charge in [0.25, 0.3) is 15.9 Å². The number of aromatic nitrogens is 3. The predicted molar refractivity (Wildman–Crippen MR) is 111 cm³/mol. The van der Waals surface area contributed by atoms with E-state index in [2.05, 4.69) is 14.9 Å². The molecular weight excluding hydrogens is 416 g/mol. The summed E-state index contributed by atoms with van der Waals surface area (Å²) in [5.41, 5.74) is 2.07. The van der Waals surface area contributed by atoms with Crippen molar-refractivity contribution in [2.45, 2.75) is 45.6 Å². The molecule has 0 unspecified atom stereocenters. The van der Waals surface area contributed by atoms with Crippen molar-refractivity contribution in [1.82, 2.24) is 14.8 Å². The minimum Gasteiger partial charge on any atom is -0.495 e. The Labute approximate surface area is 174 Å². The number of nitrogens with one attached hydrogen (secondary N) is 1. The highest BCUT2D eigenvalue weighted by molar-refractivity contribution is 7.92. The number of anilines is 1. The van der Waals surface area contributed by atoms with Gasteiger partial charge in [-0.2, -0.15) is 0 Å². The molecule has 0 saturated heterocycles. The largest absolute Gasteiger partial charge is 0.495 e. The van der Waals surface area contributed by atoms with Gasteiger partial charge in [0.05, 0.1) is 17.8 Å². The van der Waals surface area contributed by atoms with E-state index in [4.69, 9.17) is 20.8 Å². The summed E-state index contributed by atoms with van der Waals surface area (Å²) in [5.74, 6) is 1.26. The fourth-order valence-corrected chi connectivity index (χ4v) is 5.16. The Hall–Kier alpha value is -2.52. The standard InChI is InChI=1S/C19H23ClN4O4S/c1-6-16-21-22-19(28-16)17-11(3)18(12(4)24(17)7-2)29(25,26)23-13-8-9-15(27-5)14(20)10-13/h8-10,23H,6-7H2,1-5H3. The first-order valence-corrected chi connectivity index (χ1v) is 11.0. The van der Waals surface area contributed by atoms with E-state index in [9.17, 15) is 8.42 Å². The maximum Gasteiger partial charge on any atom is 0.264 e. The van der Waals surface area contributed by atoms with Crippen LogP contribution in [0.25, 0.3) is 11.6 Å². The molecule has 0 bridgehead atoms. The summed E-state index contributed by atoms with van der Waals surface area (Å²) >= 11 is 6.12. The van der Waals surface area contributed by atoms with Crippen molar-refractivity contribution in [3.8, 4) is 17.3 Å². The SMILES string of the molecule is CCc1nnc(-c2c(C)c(S(=O)(=O)Nc3ccc(OC)c(Cl)c3)c(C)n2CC)o1. The molecule has 0 saturated carbocycles. The van der Waals surface area contributed by atoms with Gasteiger partial charge in [0.15, 0.2) is 0 Å². The van der Waals surface area contributed by atoms with E-state index in [1.807, 2.05) is 18.4 Å². The number of nitrogens with zero attached hydrogens (tertiary/aromatic N) is 3. The average molecular weight is 439 g/mol. The summed E-state index contributed by atoms with van der Waals surface area (Å²) < 4.78 is 41.7. The molecule has 156 valence electrons. The molecule has 3 rings (SSSR count). The Bertz CT molecular complexity index is 1150. The third kappa shape index (κ3) is 3.84. The number of ether oxygens (including phenoxy) is 1. The van der Waals surface area contributed by atoms with Gasteiger partial charge in [-0.1, -0.05) is 18.5 Å². The molecule has 29 heavy (non-hydrogen) atoms. The van der Waals surface area contributed by atoms with E-state index in [1.165, 1.54) is 13.2 Å². The molecule has 1 aromatic carbocycles. The quantitative estimate of drug-likeness (QED) is 0.593. The molecule has 10 heteroatoms. The molecule has 0 atom stereocenters. The van der Waals surface area contributed by atoms with E-state index in [1.54, 1.807) is 26.0 Å². The van der Waals surface area contributed by atoms with Crippen LogP contribution in [0.4, 0.5) is 5.69 Å². The average Bonchev–Trinajstić information content (AvgIpc) is 3.23. The molecule has 0 aliphatic rings. The molecule has 1 N–H and O–H groups in total. The van der Waals surface area contributed by atoms with E-state index >= 15 is 0 Å². The Morgan fingerprint density at radius 3 is 2.52 bits per heavy atom. The highest BCUT2D eigenvalue weighted by atomic mass is 35.5. The molecule has 2 heterocycles. The second-order valence-electron chi connectivity index (χ2n) is 6.44. The van der Waals surface area contributed by atoms with E-state index in [0.717, 1.165) is 0 Å². The number of hydrogen-bond acceptors (Lipinski definition) is 6. The summed E-state index contributed by atoms with van der Waals surface area (Å²) in [6.45, 7) is 7.89. The lowest BCUT2D eigenvalue weighted by Crippen LogP contribution is -2.15. The highest BCUT2D eigenvalue weighted by Gasteiger charge is 2.29. The van der Waals surface area contributed by atoms with E-state index in [0.29, 0.717) is 58.2 Å². The maximum absolute atomic E-state index is 13.2. The van der Waals surface area contributed by atoms with Crippen molar-refractivity contribution in [2.75, 3.05) is 11.8 Å². The Morgan fingerprint density at radius 2 is 1.97 bits per heavy atom. The Morgan fingerprint density at radius 1 is 1.24 bits per heavy atom. The van der Waals surface area contributed by atoms with Crippen molar-refractivity contribution in [1.29, 1.82) is 0 Å². The van der Waals surface area contributed by atoms with Crippen molar-refractivity contribution in [3.63, 3.8) is 0 Å². The van der Waals surface area contributed by atoms with E-state index < -0.39 is 10.0 Å². The molecule has 0 spiro atoms. The molecule has 2 aromatic heterocycles. The van der Waals surface area contributed by atoms with Crippen LogP contribution in [0.15, 0.2) is 27.5 Å². The third-order valence-corrected chi connectivity index (χ3v) is 6.60. The van der Waals surface area contributed by atoms with Gasteiger partial charge in [-0.3, -0.25) is 4.72 Å². The first kappa shape index (κ1) is 21.2. The smallest absolute Gasteiger partial charge is 0.264 e. The number of halogens is 1. The van der Waals surface area contributed by atoms with Crippen LogP contribution in [-0.4, -0.2) is 30.3 Å². The topological polar surface area (TPSA) is 99.3 Å². The lowest BCUT2D eigenvalue weighted by atomic mass is 10.2. The van der Waals surface area contributed by atoms with Crippen LogP contribution in [0.2, 0.25) is 5.02 Å². The van der Waals surface area contributed by atoms with Crippen LogP contribution in [0.3, 0.4) is 0 Å². The fraction of sp³-hybridized carbons (Fsp3) is 0.368. The monoisotopic (exact) mass is 438 g/mol. The summed E-state index contributed by atoms with van der Waals surface area (Å²) in [4.78, 5) is 0.178. The van der Waals surface area contributed by atoms with Crippen molar-refractivity contribution >= 4 is 27.3 Å². The molecular formula is C19H23ClN4O4S. The Kier molecular flexibility index (Phi) is 5.90. The number of hydrogen-bond donors (Lipinski definition) is 1. The lowest BCUT2D eigenvalue weighted by molar-refractivity contribution is 0.415. The zero-order chi connectivity index (χ0) is 21.3. The predicted octanol–water partition coefficient (Wildman–Crippen LogP) is 4.20. The van der Waals surface area contributed by atoms with Gasteiger partial charge in [0.1, 0.15) is 16.3 Å². The summed E-state index contributed by atoms with van der Waals surface area (Å²) in [6, 6.07) is 4.70. The van der Waals surface area contributed by atoms with Crippen LogP contribution in [0.5, 0.6) is 5.75 Å². The fourth-order valence-electron chi connectivity index (χ4n) is 3.37. The number of methoxy groups -OCH3 is 1. The molecule has 3 aromatic rings. The van der Waals surface area contributed by atoms with Gasteiger partial charge in [0, 0.05) is 24.2 Å². The van der Waals surface area contributed by atoms with Gasteiger partial charge < -0.3 is 13.7 Å². The van der Waals surface area contributed by atoms with Crippen LogP contribution < -0.4 is 9.46 Å². The summed E-state index contributed by atoms with van der Waals surface area (Å²) in [5, 5.41) is 8.41. The van der Waals surface area contributed by atoms with Gasteiger partial charge in [-0.15, -0.1) is 10.2 Å². The van der Waals surface area contributed by atoms with Gasteiger partial charge in [-0.05, 0) is 39.0 Å². The van der Waals surface area contributed by atoms with Crippen LogP contribution in [-0.2, 0) is 23.0 Å². The van der Waals surface area contributed by atoms with Crippen LogP contribution >= 0.6 is 11.6 Å². The number of rotatable bonds is 7. The number of sulfonamides is 1. The zero-order valence-electron chi connectivity index (χ0n) is 16.9. The van der Waals surface area contributed by atoms with Gasteiger partial charge in [0.2, 0.25) is 5.89 Å². The molecule has 8 nitrogen and oxygen atoms in total. The highest BCUT2D eigenvalue weighted by Crippen LogP contribution is 2.35. The Balaban J connectivity index is 2.09. The minimum absolute atomic E-state index is 0.178. The first-order valence-electron chi connectivity index (χ1n) is 9.12. The van der Waals surface area contributed by atoms with Crippen LogP contribution in [0.1, 0.15) is 31.0 Å². The summed E-state index contributed by atoms with van der Waals surface area (Å²) in [6.07, 6.45) is 0.600. The third-order valence-electron chi connectivity index (χ3n) is 4.66. The first-order chi connectivity index (χ1) is 13.7. The van der Waals surface area contributed by atoms with Crippen molar-refractivity contribution < 1.29 is 17.6 Å². The number of benzene rings is 1. The normalized spacial score (nSPS) is 11.7. The number of aryl methyl sites for hydroxylation is 1. The van der Waals surface area contributed by atoms with Crippen LogP contribution in [0, 0.1) is 13.8 Å². The zero-order valence-corrected chi connectivity index (χ0v) is 18.5. The second-order valence-corrected chi connectivity index (χ2v) is 8.47. The second kappa shape index (κ2) is 8.08. The lowest BCUT2D eigenvalue weighted by Gasteiger charge is -2.11. The summed E-state index contributed by atoms with van der Waals surface area (Å²) in [7, 11) is -2.40. The minimum atomic E-state index is -3.89. The molecule has 0 aliphatic heterocycles. The molecule has 0 fully saturated rings. The maximum atomic E-state index is 13.2. The van der Waals surface area contributed by atoms with Crippen molar-refractivity contribution in [3.05, 3.63) is 40.4 Å². The molecule has 0 amide bonds. The van der Waals surface area contributed by atoms with Gasteiger partial charge >= 0.3 is 0 Å². The van der Waals surface area contributed by atoms with Gasteiger partial charge in [-0.25, -0.2) is 8.42 Å². The van der Waals surface area contributed by atoms with E-state index in [-0.39, 0.29) is 4.90 Å². The molecule has 0 aliphatic carbocycles. The van der Waals surface area contributed by atoms with Crippen molar-refractivity contribution in [2.24, 2.45) is 0 Å².